The molecule has 0 aliphatic heterocycles. The van der Waals surface area contributed by atoms with Gasteiger partial charge in [0, 0.05) is 6.42 Å². The first-order valence-electron chi connectivity index (χ1n) is 13.4. The predicted octanol–water partition coefficient (Wildman–Crippen LogP) is 8.16. The van der Waals surface area contributed by atoms with Gasteiger partial charge in [-0.25, -0.2) is 9.13 Å². The van der Waals surface area contributed by atoms with Crippen molar-refractivity contribution < 1.29 is 4.57 Å². The molecule has 0 aliphatic carbocycles. The lowest BCUT2D eigenvalue weighted by molar-refractivity contribution is -0.678. The van der Waals surface area contributed by atoms with E-state index in [1.807, 2.05) is 0 Å². The number of nitrogens with zero attached hydrogens (tertiary/aromatic N) is 2. The van der Waals surface area contributed by atoms with E-state index in [0.29, 0.717) is 0 Å². The summed E-state index contributed by atoms with van der Waals surface area (Å²) < 4.78 is 4.72. The highest BCUT2D eigenvalue weighted by atomic mass is 15.1. The molecule has 0 N–H and O–H groups in total. The molecule has 0 fully saturated rings. The first-order chi connectivity index (χ1) is 15.3. The number of unbranched alkanes of at least 4 members (excludes halogenated alkanes) is 15. The summed E-state index contributed by atoms with van der Waals surface area (Å²) in [5.41, 5.74) is 1.38. The smallest absolute Gasteiger partial charge is 0.237 e. The van der Waals surface area contributed by atoms with Crippen LogP contribution in [0.5, 0.6) is 0 Å². The van der Waals surface area contributed by atoms with Crippen molar-refractivity contribution in [2.24, 2.45) is 7.05 Å². The van der Waals surface area contributed by atoms with Gasteiger partial charge >= 0.3 is 0 Å². The number of aryl methyl sites for hydroxylation is 1. The van der Waals surface area contributed by atoms with Gasteiger partial charge in [-0.2, -0.15) is 0 Å². The molecule has 0 bridgehead atoms. The monoisotopic (exact) mass is 425 g/mol. The third-order valence-corrected chi connectivity index (χ3v) is 6.66. The number of benzene rings is 1. The maximum atomic E-state index is 2.42. The maximum absolute atomic E-state index is 2.42. The highest BCUT2D eigenvalue weighted by molar-refractivity contribution is 5.15. The van der Waals surface area contributed by atoms with E-state index in [1.165, 1.54) is 121 Å². The molecule has 0 saturated carbocycles. The van der Waals surface area contributed by atoms with Crippen LogP contribution in [0.3, 0.4) is 0 Å². The van der Waals surface area contributed by atoms with Crippen LogP contribution in [0.4, 0.5) is 0 Å². The first kappa shape index (κ1) is 25.7. The molecule has 1 aromatic heterocycles. The second-order valence-electron chi connectivity index (χ2n) is 9.49. The van der Waals surface area contributed by atoms with Crippen molar-refractivity contribution in [1.82, 2.24) is 4.57 Å². The van der Waals surface area contributed by atoms with E-state index in [4.69, 9.17) is 0 Å². The average molecular weight is 426 g/mol. The molecule has 0 amide bonds. The Hall–Kier alpha value is -1.57. The van der Waals surface area contributed by atoms with Crippen molar-refractivity contribution in [1.29, 1.82) is 0 Å². The standard InChI is InChI=1S/C29H49N2/c1-3-4-5-6-7-8-9-10-11-12-13-14-15-16-17-21-24-29-30(2)25-26-31(29)27-28-22-19-18-20-23-28/h18-20,22-23,25-26H,3-17,21,24,27H2,1-2H3/q+1. The number of aromatic nitrogens is 2. The lowest BCUT2D eigenvalue weighted by atomic mass is 10.0. The lowest BCUT2D eigenvalue weighted by Gasteiger charge is -2.05. The van der Waals surface area contributed by atoms with E-state index in [0.717, 1.165) is 6.54 Å². The van der Waals surface area contributed by atoms with E-state index in [-0.39, 0.29) is 0 Å². The van der Waals surface area contributed by atoms with Crippen LogP contribution in [0.25, 0.3) is 0 Å². The maximum Gasteiger partial charge on any atom is 0.256 e. The van der Waals surface area contributed by atoms with E-state index < -0.39 is 0 Å². The van der Waals surface area contributed by atoms with Crippen LogP contribution in [0.2, 0.25) is 0 Å². The summed E-state index contributed by atoms with van der Waals surface area (Å²) in [6.45, 7) is 3.28. The molecule has 1 heterocycles. The summed E-state index contributed by atoms with van der Waals surface area (Å²) in [6, 6.07) is 10.8. The van der Waals surface area contributed by atoms with Gasteiger partial charge in [-0.3, -0.25) is 0 Å². The zero-order valence-electron chi connectivity index (χ0n) is 20.7. The summed E-state index contributed by atoms with van der Waals surface area (Å²) in [5.74, 6) is 1.45. The topological polar surface area (TPSA) is 8.81 Å². The Bertz CT molecular complexity index is 659. The lowest BCUT2D eigenvalue weighted by Crippen LogP contribution is -2.32. The first-order valence-corrected chi connectivity index (χ1v) is 13.4. The number of hydrogen-bond acceptors (Lipinski definition) is 0. The molecule has 0 aliphatic rings. The summed E-state index contributed by atoms with van der Waals surface area (Å²) in [4.78, 5) is 0. The molecule has 2 aromatic rings. The quantitative estimate of drug-likeness (QED) is 0.158. The fraction of sp³-hybridized carbons (Fsp3) is 0.690. The van der Waals surface area contributed by atoms with Gasteiger partial charge in [-0.15, -0.1) is 0 Å². The van der Waals surface area contributed by atoms with Crippen LogP contribution in [0.1, 0.15) is 121 Å². The largest absolute Gasteiger partial charge is 0.256 e. The van der Waals surface area contributed by atoms with Crippen LogP contribution in [-0.2, 0) is 20.0 Å². The Morgan fingerprint density at radius 2 is 1.13 bits per heavy atom. The summed E-state index contributed by atoms with van der Waals surface area (Å²) >= 11 is 0. The van der Waals surface area contributed by atoms with Crippen molar-refractivity contribution in [3.05, 3.63) is 54.1 Å². The Morgan fingerprint density at radius 3 is 1.65 bits per heavy atom. The van der Waals surface area contributed by atoms with Crippen molar-refractivity contribution in [2.75, 3.05) is 0 Å². The van der Waals surface area contributed by atoms with Gasteiger partial charge in [0.1, 0.15) is 18.9 Å². The van der Waals surface area contributed by atoms with Crippen LogP contribution >= 0.6 is 0 Å². The third kappa shape index (κ3) is 11.6. The normalized spacial score (nSPS) is 11.3. The van der Waals surface area contributed by atoms with E-state index in [2.05, 4.69) is 65.8 Å². The zero-order valence-corrected chi connectivity index (χ0v) is 20.7. The number of rotatable bonds is 19. The van der Waals surface area contributed by atoms with Gasteiger partial charge in [-0.1, -0.05) is 134 Å². The van der Waals surface area contributed by atoms with Crippen molar-refractivity contribution in [3.8, 4) is 0 Å². The van der Waals surface area contributed by atoms with Gasteiger partial charge < -0.3 is 0 Å². The van der Waals surface area contributed by atoms with Gasteiger partial charge in [0.25, 0.3) is 5.82 Å². The number of hydrogen-bond donors (Lipinski definition) is 0. The third-order valence-electron chi connectivity index (χ3n) is 6.66. The molecule has 174 valence electrons. The summed E-state index contributed by atoms with van der Waals surface area (Å²) in [7, 11) is 2.18. The molecule has 2 nitrogen and oxygen atoms in total. The fourth-order valence-electron chi connectivity index (χ4n) is 4.63. The average Bonchev–Trinajstić information content (AvgIpc) is 3.13. The SMILES string of the molecule is CCCCCCCCCCCCCCCCCCc1n(Cc2ccccc2)cc[n+]1C. The molecule has 0 radical (unpaired) electrons. The molecule has 2 rings (SSSR count). The second kappa shape index (κ2) is 17.0. The van der Waals surface area contributed by atoms with Gasteiger partial charge in [-0.05, 0) is 12.0 Å². The molecule has 0 unspecified atom stereocenters. The minimum Gasteiger partial charge on any atom is -0.237 e. The molecule has 31 heavy (non-hydrogen) atoms. The molecule has 0 atom stereocenters. The minimum absolute atomic E-state index is 0.982. The van der Waals surface area contributed by atoms with Crippen molar-refractivity contribution in [3.63, 3.8) is 0 Å². The van der Waals surface area contributed by atoms with Gasteiger partial charge in [0.15, 0.2) is 0 Å². The highest BCUT2D eigenvalue weighted by Crippen LogP contribution is 2.14. The highest BCUT2D eigenvalue weighted by Gasteiger charge is 2.14. The molecule has 1 aromatic carbocycles. The zero-order chi connectivity index (χ0) is 22.0. The Balaban J connectivity index is 1.43. The molecular formula is C29H49N2+. The van der Waals surface area contributed by atoms with E-state index >= 15 is 0 Å². The van der Waals surface area contributed by atoms with Crippen LogP contribution in [0.15, 0.2) is 42.7 Å². The van der Waals surface area contributed by atoms with Crippen LogP contribution in [-0.4, -0.2) is 4.57 Å². The second-order valence-corrected chi connectivity index (χ2v) is 9.49. The van der Waals surface area contributed by atoms with Crippen LogP contribution < -0.4 is 4.57 Å². The van der Waals surface area contributed by atoms with Crippen molar-refractivity contribution in [2.45, 2.75) is 123 Å². The van der Waals surface area contributed by atoms with Gasteiger partial charge in [0.2, 0.25) is 0 Å². The van der Waals surface area contributed by atoms with Crippen LogP contribution in [0, 0.1) is 0 Å². The Kier molecular flexibility index (Phi) is 14.1. The van der Waals surface area contributed by atoms with Crippen molar-refractivity contribution >= 4 is 0 Å². The van der Waals surface area contributed by atoms with E-state index in [1.54, 1.807) is 0 Å². The minimum atomic E-state index is 0.982. The Labute approximate surface area is 193 Å². The molecule has 0 saturated heterocycles. The number of imidazole rings is 1. The molecular weight excluding hydrogens is 376 g/mol. The fourth-order valence-corrected chi connectivity index (χ4v) is 4.63. The summed E-state index contributed by atoms with van der Waals surface area (Å²) in [6.07, 6.45) is 28.5. The molecule has 0 spiro atoms. The van der Waals surface area contributed by atoms with Gasteiger partial charge in [0.05, 0.1) is 7.05 Å². The predicted molar refractivity (Wildman–Crippen MR) is 134 cm³/mol. The summed E-state index contributed by atoms with van der Waals surface area (Å²) in [5, 5.41) is 0. The Morgan fingerprint density at radius 1 is 0.645 bits per heavy atom. The molecule has 2 heteroatoms. The van der Waals surface area contributed by atoms with E-state index in [9.17, 15) is 0 Å².